The highest BCUT2D eigenvalue weighted by atomic mass is 16.2. The van der Waals surface area contributed by atoms with Crippen molar-refractivity contribution in [2.75, 3.05) is 6.54 Å². The number of hydrogen-bond acceptors (Lipinski definition) is 7. The number of nitrogens with one attached hydrogen (secondary N) is 5. The third kappa shape index (κ3) is 8.79. The maximum Gasteiger partial charge on any atom is 0.246 e. The van der Waals surface area contributed by atoms with Crippen LogP contribution >= 0.6 is 0 Å². The van der Waals surface area contributed by atoms with Crippen molar-refractivity contribution in [1.29, 1.82) is 0 Å². The van der Waals surface area contributed by atoms with Gasteiger partial charge in [-0.05, 0) is 71.2 Å². The molecule has 0 unspecified atom stereocenters. The lowest BCUT2D eigenvalue weighted by atomic mass is 9.91. The van der Waals surface area contributed by atoms with Crippen LogP contribution < -0.4 is 27.0 Å². The van der Waals surface area contributed by atoms with Crippen molar-refractivity contribution in [3.05, 3.63) is 119 Å². The predicted molar refractivity (Wildman–Crippen MR) is 242 cm³/mol. The number of nitrogens with zero attached hydrogens (tertiary/aromatic N) is 2. The molecule has 7 amide bonds. The first-order valence-corrected chi connectivity index (χ1v) is 22.7. The number of amides is 7. The molecule has 65 heavy (non-hydrogen) atoms. The highest BCUT2D eigenvalue weighted by molar-refractivity contribution is 6.01. The molecular formula is C50H54N8O7. The quantitative estimate of drug-likeness (QED) is 0.144. The Kier molecular flexibility index (Phi) is 12.1. The van der Waals surface area contributed by atoms with Gasteiger partial charge >= 0.3 is 0 Å². The van der Waals surface area contributed by atoms with Gasteiger partial charge in [-0.3, -0.25) is 33.6 Å². The van der Waals surface area contributed by atoms with Gasteiger partial charge in [-0.1, -0.05) is 97.8 Å². The average molecular weight is 879 g/mol. The maximum absolute atomic E-state index is 15.0. The second-order valence-corrected chi connectivity index (χ2v) is 18.0. The number of para-hydroxylation sites is 1. The molecule has 9 rings (SSSR count). The standard InChI is InChI=1S/C50H54N8O7/c51-43(59)21-20-38-47(63)57-24-10-19-41(57)48(64)58-29-33-13-2-1-12-31(33)27-42(58)46(62)54-40(25-32-15-9-14-30-11-3-4-16-35(30)32)45(61)56-50(22-7-8-23-50)49(65)55-39(44(60)53-38)26-34-28-52-37-18-6-5-17-36(34)37/h1-6,9,11-18,28,38-42,52H,7-8,10,19-27,29H2,(H2,51,59)(H,53,60)(H,54,62)(H,55,65)(H,56,61)/t38-,39-,40-,41+,42+/m0/s1. The van der Waals surface area contributed by atoms with Gasteiger partial charge in [0.25, 0.3) is 0 Å². The number of H-pyrrole nitrogens is 1. The second-order valence-electron chi connectivity index (χ2n) is 18.0. The number of nitrogens with two attached hydrogens (primary N) is 1. The largest absolute Gasteiger partial charge is 0.370 e. The third-order valence-electron chi connectivity index (χ3n) is 13.9. The van der Waals surface area contributed by atoms with Crippen molar-refractivity contribution in [3.63, 3.8) is 0 Å². The molecule has 1 aliphatic carbocycles. The Balaban J connectivity index is 1.14. The van der Waals surface area contributed by atoms with E-state index in [1.54, 1.807) is 6.20 Å². The lowest BCUT2D eigenvalue weighted by Gasteiger charge is -2.40. The van der Waals surface area contributed by atoms with Gasteiger partial charge in [0, 0.05) is 55.9 Å². The van der Waals surface area contributed by atoms with Gasteiger partial charge in [0.1, 0.15) is 35.7 Å². The van der Waals surface area contributed by atoms with Crippen molar-refractivity contribution in [3.8, 4) is 0 Å². The highest BCUT2D eigenvalue weighted by Gasteiger charge is 2.48. The summed E-state index contributed by atoms with van der Waals surface area (Å²) in [7, 11) is 0. The average Bonchev–Trinajstić information content (AvgIpc) is 4.10. The molecule has 0 radical (unpaired) electrons. The monoisotopic (exact) mass is 878 g/mol. The number of hydrogen-bond donors (Lipinski definition) is 6. The minimum Gasteiger partial charge on any atom is -0.370 e. The van der Waals surface area contributed by atoms with E-state index in [2.05, 4.69) is 26.3 Å². The number of fused-ring (bicyclic) bond motifs is 5. The van der Waals surface area contributed by atoms with Crippen LogP contribution in [0.1, 0.15) is 73.6 Å². The Bertz CT molecular complexity index is 2680. The zero-order chi connectivity index (χ0) is 45.2. The van der Waals surface area contributed by atoms with Gasteiger partial charge in [-0.2, -0.15) is 0 Å². The van der Waals surface area contributed by atoms with Crippen molar-refractivity contribution in [2.45, 2.75) is 113 Å². The van der Waals surface area contributed by atoms with Crippen LogP contribution in [0.15, 0.2) is 97.2 Å². The Hall–Kier alpha value is -7.03. The molecule has 5 aromatic rings. The van der Waals surface area contributed by atoms with E-state index in [1.807, 2.05) is 91.0 Å². The summed E-state index contributed by atoms with van der Waals surface area (Å²) in [4.78, 5) is 108. The molecule has 1 saturated carbocycles. The molecule has 4 heterocycles. The summed E-state index contributed by atoms with van der Waals surface area (Å²) in [6, 6.07) is 23.0. The molecule has 3 aliphatic heterocycles. The van der Waals surface area contributed by atoms with Crippen molar-refractivity contribution < 1.29 is 33.6 Å². The fraction of sp³-hybridized carbons (Fsp3) is 0.380. The zero-order valence-electron chi connectivity index (χ0n) is 36.1. The molecule has 3 fully saturated rings. The van der Waals surface area contributed by atoms with E-state index < -0.39 is 77.1 Å². The van der Waals surface area contributed by atoms with Crippen LogP contribution in [0, 0.1) is 0 Å². The molecule has 1 aromatic heterocycles. The number of rotatable bonds is 7. The van der Waals surface area contributed by atoms with Crippen LogP contribution in [0.25, 0.3) is 21.7 Å². The SMILES string of the molecule is NC(=O)CC[C@@H]1NC(=O)[C@H](Cc2c[nH]c3ccccc23)NC(=O)C2(CCCC2)NC(=O)[C@H](Cc2cccc3ccccc23)NC(=O)[C@H]2Cc3ccccc3CN2C(=O)[C@H]2CCCN2C1=O. The first-order chi connectivity index (χ1) is 31.5. The number of aromatic nitrogens is 1. The maximum atomic E-state index is 15.0. The Labute approximate surface area is 376 Å². The number of carbonyl (C=O) groups is 7. The summed E-state index contributed by atoms with van der Waals surface area (Å²) in [6.07, 6.45) is 4.23. The van der Waals surface area contributed by atoms with Crippen LogP contribution in [-0.2, 0) is 59.4 Å². The van der Waals surface area contributed by atoms with Crippen molar-refractivity contribution >= 4 is 63.0 Å². The van der Waals surface area contributed by atoms with Gasteiger partial charge in [-0.25, -0.2) is 0 Å². The van der Waals surface area contributed by atoms with Gasteiger partial charge in [0.2, 0.25) is 41.4 Å². The molecule has 2 saturated heterocycles. The summed E-state index contributed by atoms with van der Waals surface area (Å²) >= 11 is 0. The van der Waals surface area contributed by atoms with E-state index in [9.17, 15) is 33.6 Å². The molecular weight excluding hydrogens is 825 g/mol. The van der Waals surface area contributed by atoms with Crippen LogP contribution in [0.5, 0.6) is 0 Å². The van der Waals surface area contributed by atoms with E-state index in [0.29, 0.717) is 25.7 Å². The Morgan fingerprint density at radius 3 is 2.12 bits per heavy atom. The lowest BCUT2D eigenvalue weighted by Crippen LogP contribution is -2.65. The van der Waals surface area contributed by atoms with Crippen LogP contribution in [0.4, 0.5) is 0 Å². The summed E-state index contributed by atoms with van der Waals surface area (Å²) in [5, 5.41) is 14.7. The normalized spacial score (nSPS) is 24.1. The lowest BCUT2D eigenvalue weighted by molar-refractivity contribution is -0.151. The van der Waals surface area contributed by atoms with E-state index in [0.717, 1.165) is 43.9 Å². The number of aromatic amines is 1. The Morgan fingerprint density at radius 2 is 1.32 bits per heavy atom. The minimum atomic E-state index is -1.45. The molecule has 4 aromatic carbocycles. The fourth-order valence-corrected chi connectivity index (χ4v) is 10.4. The third-order valence-corrected chi connectivity index (χ3v) is 13.9. The molecule has 7 N–H and O–H groups in total. The topological polar surface area (TPSA) is 216 Å². The van der Waals surface area contributed by atoms with Crippen molar-refractivity contribution in [1.82, 2.24) is 36.1 Å². The van der Waals surface area contributed by atoms with E-state index >= 15 is 0 Å². The van der Waals surface area contributed by atoms with E-state index in [-0.39, 0.29) is 58.0 Å². The molecule has 0 bridgehead atoms. The molecule has 5 atom stereocenters. The fourth-order valence-electron chi connectivity index (χ4n) is 10.4. The van der Waals surface area contributed by atoms with Gasteiger partial charge in [0.15, 0.2) is 0 Å². The molecule has 15 heteroatoms. The first kappa shape index (κ1) is 43.2. The summed E-state index contributed by atoms with van der Waals surface area (Å²) < 4.78 is 0. The minimum absolute atomic E-state index is 0.0186. The smallest absolute Gasteiger partial charge is 0.246 e. The van der Waals surface area contributed by atoms with Gasteiger partial charge < -0.3 is 41.8 Å². The predicted octanol–water partition coefficient (Wildman–Crippen LogP) is 3.21. The molecule has 336 valence electrons. The van der Waals surface area contributed by atoms with E-state index in [1.165, 1.54) is 9.80 Å². The Morgan fingerprint density at radius 1 is 0.646 bits per heavy atom. The summed E-state index contributed by atoms with van der Waals surface area (Å²) in [5.74, 6) is -4.04. The van der Waals surface area contributed by atoms with Crippen LogP contribution in [-0.4, -0.2) is 98.4 Å². The van der Waals surface area contributed by atoms with E-state index in [4.69, 9.17) is 5.73 Å². The second kappa shape index (κ2) is 18.2. The molecule has 1 spiro atoms. The molecule has 4 aliphatic rings. The van der Waals surface area contributed by atoms with Crippen LogP contribution in [0.3, 0.4) is 0 Å². The highest BCUT2D eigenvalue weighted by Crippen LogP contribution is 2.33. The van der Waals surface area contributed by atoms with Crippen molar-refractivity contribution in [2.24, 2.45) is 5.73 Å². The van der Waals surface area contributed by atoms with Gasteiger partial charge in [0.05, 0.1) is 0 Å². The first-order valence-electron chi connectivity index (χ1n) is 22.7. The van der Waals surface area contributed by atoms with Gasteiger partial charge in [-0.15, -0.1) is 0 Å². The number of benzene rings is 4. The summed E-state index contributed by atoms with van der Waals surface area (Å²) in [6.45, 7) is 0.289. The number of carbonyl (C=O) groups excluding carboxylic acids is 7. The molecule has 15 nitrogen and oxygen atoms in total. The summed E-state index contributed by atoms with van der Waals surface area (Å²) in [5.41, 5.74) is 8.24. The van der Waals surface area contributed by atoms with Crippen LogP contribution in [0.2, 0.25) is 0 Å². The zero-order valence-corrected chi connectivity index (χ0v) is 36.1. The number of primary amides is 1.